The average molecular weight is 1680 g/mol. The van der Waals surface area contributed by atoms with Crippen LogP contribution in [-0.4, -0.2) is 166 Å². The summed E-state index contributed by atoms with van der Waals surface area (Å²) in [4.78, 5) is 14.5. The van der Waals surface area contributed by atoms with Gasteiger partial charge >= 0.3 is 135 Å². The van der Waals surface area contributed by atoms with Gasteiger partial charge in [-0.25, -0.2) is 18.7 Å². The van der Waals surface area contributed by atoms with Gasteiger partial charge in [-0.05, 0) is 149 Å². The average Bonchev–Trinajstić information content (AvgIpc) is 1.65. The number of unbranched alkanes of at least 4 members (excludes halogenated alkanes) is 3. The van der Waals surface area contributed by atoms with Gasteiger partial charge in [0, 0.05) is 52.4 Å². The molecule has 0 spiro atoms. The van der Waals surface area contributed by atoms with Gasteiger partial charge in [-0.3, -0.25) is 10.1 Å². The molecule has 0 saturated heterocycles. The molecule has 0 saturated carbocycles. The Kier molecular flexibility index (Phi) is 35.3. The number of nitro groups is 1. The van der Waals surface area contributed by atoms with Gasteiger partial charge in [-0.15, -0.1) is 51.0 Å². The molecule has 560 valence electrons. The van der Waals surface area contributed by atoms with Gasteiger partial charge in [-0.1, -0.05) is 111 Å². The van der Waals surface area contributed by atoms with Crippen LogP contribution in [0.2, 0.25) is 18.3 Å². The van der Waals surface area contributed by atoms with Crippen LogP contribution in [0.4, 0.5) is 5.69 Å². The van der Waals surface area contributed by atoms with Crippen LogP contribution in [0, 0.1) is 54.1 Å². The van der Waals surface area contributed by atoms with Crippen molar-refractivity contribution in [2.24, 2.45) is 31.5 Å². The Labute approximate surface area is 665 Å². The summed E-state index contributed by atoms with van der Waals surface area (Å²) in [6, 6.07) is 41.7. The van der Waals surface area contributed by atoms with Gasteiger partial charge in [0.2, 0.25) is 0 Å². The van der Waals surface area contributed by atoms with Crippen molar-refractivity contribution in [3.63, 3.8) is 0 Å². The molecule has 0 fully saturated rings. The van der Waals surface area contributed by atoms with Crippen LogP contribution in [0.1, 0.15) is 110 Å². The number of hydrogen-bond acceptors (Lipinski definition) is 25. The van der Waals surface area contributed by atoms with E-state index in [1.807, 2.05) is 134 Å². The molecule has 7 aromatic carbocycles. The summed E-state index contributed by atoms with van der Waals surface area (Å²) < 4.78 is 15.2. The number of nitrogens with one attached hydrogen (secondary N) is 2. The third kappa shape index (κ3) is 25.8. The number of aromatic amines is 2. The van der Waals surface area contributed by atoms with Gasteiger partial charge in [0.05, 0.1) is 39.5 Å². The molecule has 0 bridgehead atoms. The number of nitriles is 1. The van der Waals surface area contributed by atoms with E-state index in [4.69, 9.17) is 39.4 Å². The van der Waals surface area contributed by atoms with E-state index in [0.717, 1.165) is 87.0 Å². The summed E-state index contributed by atoms with van der Waals surface area (Å²) in [6.07, 6.45) is 9.13. The maximum absolute atomic E-state index is 10.3. The van der Waals surface area contributed by atoms with Crippen LogP contribution in [0.15, 0.2) is 131 Å². The molecule has 0 aliphatic heterocycles. The molecule has 0 amide bonds. The number of azide groups is 1. The first-order valence-corrected chi connectivity index (χ1v) is 42.7. The van der Waals surface area contributed by atoms with Crippen LogP contribution in [0.3, 0.4) is 0 Å². The van der Waals surface area contributed by atoms with Crippen molar-refractivity contribution >= 4 is 118 Å². The number of H-pyrrole nitrogens is 2. The Balaban J connectivity index is 0.000000195. The fourth-order valence-corrected chi connectivity index (χ4v) is 23.5. The molecule has 36 nitrogen and oxygen atoms in total. The first-order valence-electron chi connectivity index (χ1n) is 33.9. The Morgan fingerprint density at radius 1 is 0.541 bits per heavy atom. The second-order valence-electron chi connectivity index (χ2n) is 24.5. The molecule has 15 rings (SSSR count). The van der Waals surface area contributed by atoms with Crippen molar-refractivity contribution in [1.29, 1.82) is 10.5 Å². The normalized spacial score (nSPS) is 10.4. The molecule has 4 N–H and O–H groups in total. The molecule has 0 unspecified atom stereocenters. The molecular weight excluding hydrogens is 1600 g/mol. The zero-order valence-corrected chi connectivity index (χ0v) is 69.4. The number of halogens is 2. The topological polar surface area (TPSA) is 473 Å². The molecule has 8 aromatic heterocycles. The number of aromatic nitrogens is 26. The number of aryl methyl sites for hydroxylation is 7. The largest absolute Gasteiger partial charge is 1.00 e. The smallest absolute Gasteiger partial charge is 0.512 e. The number of alkyl halides is 1. The zero-order chi connectivity index (χ0) is 78.1. The van der Waals surface area contributed by atoms with Gasteiger partial charge in [0.25, 0.3) is 5.69 Å². The number of nitrogens with zero attached hydrogens (tertiary/aromatic N) is 30. The standard InChI is InChI=1S/C9H9N7.C9H8N4.C8H8BrN3.C8H7N7O.C8H9N3.C7H6ClNO2.C7H7N3O.3C4H9.CN.N3.Na.Sn/c1-16-8-3-2-6(4-7(8)10-15-16)5-9-11-13-14-12-9;1-13-9-3-2-7(4-5-10)6-8(9)11-12-13;1-12-8-3-2-6(5-9)4-7(8)10-11-12;16-15-7-2-1-5(3-6(7)9-14-15)4-8-10-12-13-11-8;1-6-3-4-8-7(5-6)9-10-11(8)2;1-5-2-3-7(9(10)11)6(8)4-5;1-5-2-3-7-6(4-5)8-9-10(7)11;3*1-3-4-2;1-2;1-3-2;;/h2-4H,5H2,1H3,(H,11,12,13,14);2-3,6H,4H2,1H3;2-4H,5H2,1H3;1-3,16H,4H2,(H,10,11,12,13);3-5H,1-2H3;2-4H,1H3;2-4,11H,1H3;3*1,3-4H2,2H3;;;;/q;;;;;;;;;;2*-1;2*+1. The van der Waals surface area contributed by atoms with Crippen LogP contribution in [0.25, 0.3) is 76.6 Å². The van der Waals surface area contributed by atoms with E-state index in [-0.39, 0.29) is 40.3 Å². The molecule has 8 heterocycles. The van der Waals surface area contributed by atoms with Crippen molar-refractivity contribution < 1.29 is 44.9 Å². The van der Waals surface area contributed by atoms with Crippen molar-refractivity contribution in [2.75, 3.05) is 0 Å². The molecule has 109 heavy (non-hydrogen) atoms. The Bertz CT molecular complexity index is 5220. The number of fused-ring (bicyclic) bond motifs is 6. The van der Waals surface area contributed by atoms with Crippen molar-refractivity contribution in [3.8, 4) is 6.07 Å². The van der Waals surface area contributed by atoms with E-state index in [1.165, 1.54) is 69.0 Å². The first-order chi connectivity index (χ1) is 52.2. The summed E-state index contributed by atoms with van der Waals surface area (Å²) in [7, 11) is 7.50. The van der Waals surface area contributed by atoms with E-state index in [9.17, 15) is 15.3 Å². The summed E-state index contributed by atoms with van der Waals surface area (Å²) in [6.45, 7) is 17.3. The van der Waals surface area contributed by atoms with Gasteiger partial charge in [-0.2, -0.15) is 15.7 Å². The number of tetrazole rings is 2. The molecule has 0 aliphatic rings. The summed E-state index contributed by atoms with van der Waals surface area (Å²) in [5.41, 5.74) is 26.6. The van der Waals surface area contributed by atoms with Gasteiger partial charge < -0.3 is 22.2 Å². The fraction of sp³-hybridized carbons (Fsp3) is 0.333. The Hall–Kier alpha value is -11.1. The van der Waals surface area contributed by atoms with Crippen LogP contribution in [-0.2, 0) is 52.8 Å². The summed E-state index contributed by atoms with van der Waals surface area (Å²) >= 11 is 6.53. The second kappa shape index (κ2) is 44.3. The third-order valence-corrected chi connectivity index (χ3v) is 29.8. The zero-order valence-electron chi connectivity index (χ0n) is 62.2. The maximum atomic E-state index is 10.3. The van der Waals surface area contributed by atoms with E-state index < -0.39 is 23.6 Å². The molecule has 15 aromatic rings. The van der Waals surface area contributed by atoms with Gasteiger partial charge in [0.1, 0.15) is 49.2 Å². The minimum Gasteiger partial charge on any atom is -0.512 e. The van der Waals surface area contributed by atoms with Crippen LogP contribution >= 0.6 is 27.5 Å². The number of hydrogen-bond donors (Lipinski definition) is 4. The molecule has 0 atom stereocenters. The molecule has 0 radical (unpaired) electrons. The van der Waals surface area contributed by atoms with Crippen molar-refractivity contribution in [2.45, 2.75) is 118 Å². The summed E-state index contributed by atoms with van der Waals surface area (Å²) in [5.74, 6) is 1.28. The van der Waals surface area contributed by atoms with Crippen molar-refractivity contribution in [3.05, 3.63) is 210 Å². The second-order valence-corrected chi connectivity index (χ2v) is 37.3. The first kappa shape index (κ1) is 86.9. The number of nitro benzene ring substituents is 1. The summed E-state index contributed by atoms with van der Waals surface area (Å²) in [5, 5.41) is 118. The quantitative estimate of drug-likeness (QED) is 0.00757. The SMILES string of the molecule is CCC[CH2][Sn]([CH2]CCC)([CH2]CCC)[N]=[N+]=[N-].Cc1ccc([N+](=O)[O-])c(Cl)c1.Cc1ccc2c(c1)nnn2C.Cc1ccc2c(c1)nnn2O.Cn1nnc2cc(CBr)ccc21.Cn1nnc2cc(CC#N)ccc21.Cn1nnc2cc(Cc3nn[nH]n3)ccc21.On1nnc2cc(Cc3nn[nH]n3)ccc21.[C-]#N.[Na+]. The van der Waals surface area contributed by atoms with Gasteiger partial charge in [0.15, 0.2) is 11.6 Å². The molecule has 40 heteroatoms. The van der Waals surface area contributed by atoms with E-state index >= 15 is 0 Å². The molecule has 0 aliphatic carbocycles. The molecular formula is C69H81BrClN32NaO4Sn. The minimum absolute atomic E-state index is 0. The van der Waals surface area contributed by atoms with Crippen LogP contribution in [0.5, 0.6) is 0 Å². The van der Waals surface area contributed by atoms with Crippen LogP contribution < -0.4 is 29.6 Å². The Morgan fingerprint density at radius 3 is 1.27 bits per heavy atom. The predicted octanol–water partition coefficient (Wildman–Crippen LogP) is 10.3. The van der Waals surface area contributed by atoms with Crippen molar-refractivity contribution in [1.82, 2.24) is 132 Å². The minimum atomic E-state index is -2.45. The van der Waals surface area contributed by atoms with E-state index in [2.05, 4.69) is 166 Å². The fourth-order valence-electron chi connectivity index (χ4n) is 10.7. The maximum Gasteiger partial charge on any atom is 1.00 e. The van der Waals surface area contributed by atoms with E-state index in [1.54, 1.807) is 43.0 Å². The predicted molar refractivity (Wildman–Crippen MR) is 411 cm³/mol. The monoisotopic (exact) mass is 1680 g/mol. The number of rotatable bonds is 17. The Morgan fingerprint density at radius 2 is 0.881 bits per heavy atom. The third-order valence-electron chi connectivity index (χ3n) is 16.4. The number of benzene rings is 7. The van der Waals surface area contributed by atoms with E-state index in [0.29, 0.717) is 53.0 Å².